The number of piperidine rings is 1. The Kier molecular flexibility index (Phi) is 10.6. The number of benzene rings is 3. The molecule has 1 saturated heterocycles. The van der Waals surface area contributed by atoms with E-state index in [-0.39, 0.29) is 11.9 Å². The van der Waals surface area contributed by atoms with Crippen molar-refractivity contribution in [3.63, 3.8) is 0 Å². The van der Waals surface area contributed by atoms with Crippen molar-refractivity contribution >= 4 is 29.0 Å². The van der Waals surface area contributed by atoms with Crippen LogP contribution in [-0.2, 0) is 0 Å². The number of nitrogens with zero attached hydrogens (tertiary/aromatic N) is 2. The highest BCUT2D eigenvalue weighted by Crippen LogP contribution is 2.28. The fourth-order valence-corrected chi connectivity index (χ4v) is 5.12. The fraction of sp³-hybridized carbons (Fsp3) is 0.412. The molecule has 1 aliphatic rings. The van der Waals surface area contributed by atoms with E-state index in [2.05, 4.69) is 42.7 Å². The van der Waals surface area contributed by atoms with Gasteiger partial charge in [-0.2, -0.15) is 0 Å². The summed E-state index contributed by atoms with van der Waals surface area (Å²) < 4.78 is 0. The summed E-state index contributed by atoms with van der Waals surface area (Å²) in [6, 6.07) is 23.9. The van der Waals surface area contributed by atoms with Crippen molar-refractivity contribution in [2.24, 2.45) is 5.92 Å². The zero-order valence-electron chi connectivity index (χ0n) is 24.3. The standard InChI is InChI=1S/C34H44N4O2/c1-4-5-6-7-10-22-35-34(40)37(3)30-13-11-12-28(25-30)27-16-18-29(19-17-27)36-32-15-9-8-14-31(32)33(39)38-23-20-26(2)21-24-38/h8-9,11-19,25-26,36H,4-7,10,20-24H2,1-3H3,(H,35,40). The van der Waals surface area contributed by atoms with Gasteiger partial charge in [-0.1, -0.05) is 75.9 Å². The van der Waals surface area contributed by atoms with Crippen LogP contribution in [0.3, 0.4) is 0 Å². The second kappa shape index (κ2) is 14.5. The number of urea groups is 1. The molecule has 0 atom stereocenters. The summed E-state index contributed by atoms with van der Waals surface area (Å²) in [6.07, 6.45) is 7.98. The van der Waals surface area contributed by atoms with Crippen LogP contribution >= 0.6 is 0 Å². The van der Waals surface area contributed by atoms with Gasteiger partial charge >= 0.3 is 6.03 Å². The largest absolute Gasteiger partial charge is 0.355 e. The number of amides is 3. The molecule has 3 aromatic carbocycles. The predicted molar refractivity (Wildman–Crippen MR) is 166 cm³/mol. The van der Waals surface area contributed by atoms with E-state index in [1.165, 1.54) is 19.3 Å². The van der Waals surface area contributed by atoms with Gasteiger partial charge in [0.15, 0.2) is 0 Å². The number of unbranched alkanes of at least 4 members (excludes halogenated alkanes) is 4. The summed E-state index contributed by atoms with van der Waals surface area (Å²) in [6.45, 7) is 6.79. The zero-order valence-corrected chi connectivity index (χ0v) is 24.3. The maximum atomic E-state index is 13.3. The maximum Gasteiger partial charge on any atom is 0.321 e. The van der Waals surface area contributed by atoms with Crippen LogP contribution in [0.25, 0.3) is 11.1 Å². The first-order valence-electron chi connectivity index (χ1n) is 14.8. The molecule has 1 aliphatic heterocycles. The number of carbonyl (C=O) groups is 2. The van der Waals surface area contributed by atoms with Gasteiger partial charge in [0, 0.05) is 38.1 Å². The Morgan fingerprint density at radius 2 is 1.60 bits per heavy atom. The highest BCUT2D eigenvalue weighted by atomic mass is 16.2. The van der Waals surface area contributed by atoms with E-state index in [0.717, 1.165) is 67.0 Å². The molecule has 2 N–H and O–H groups in total. The number of carbonyl (C=O) groups excluding carboxylic acids is 2. The molecule has 0 aromatic heterocycles. The second-order valence-electron chi connectivity index (χ2n) is 11.0. The van der Waals surface area contributed by atoms with Crippen LogP contribution in [0.1, 0.15) is 69.2 Å². The lowest BCUT2D eigenvalue weighted by Gasteiger charge is -2.31. The lowest BCUT2D eigenvalue weighted by molar-refractivity contribution is 0.0698. The Morgan fingerprint density at radius 1 is 0.875 bits per heavy atom. The third-order valence-electron chi connectivity index (χ3n) is 7.82. The molecule has 1 heterocycles. The third kappa shape index (κ3) is 7.87. The average Bonchev–Trinajstić information content (AvgIpc) is 2.99. The van der Waals surface area contributed by atoms with Crippen molar-refractivity contribution < 1.29 is 9.59 Å². The van der Waals surface area contributed by atoms with E-state index >= 15 is 0 Å². The molecule has 1 fully saturated rings. The van der Waals surface area contributed by atoms with E-state index in [1.54, 1.807) is 4.90 Å². The van der Waals surface area contributed by atoms with Crippen molar-refractivity contribution in [1.29, 1.82) is 0 Å². The number of hydrogen-bond donors (Lipinski definition) is 2. The van der Waals surface area contributed by atoms with Crippen LogP contribution in [0.15, 0.2) is 72.8 Å². The fourth-order valence-electron chi connectivity index (χ4n) is 5.12. The van der Waals surface area contributed by atoms with Gasteiger partial charge in [-0.15, -0.1) is 0 Å². The first kappa shape index (κ1) is 29.2. The first-order valence-corrected chi connectivity index (χ1v) is 14.8. The maximum absolute atomic E-state index is 13.3. The topological polar surface area (TPSA) is 64.7 Å². The van der Waals surface area contributed by atoms with E-state index < -0.39 is 0 Å². The molecule has 0 radical (unpaired) electrons. The van der Waals surface area contributed by atoms with Gasteiger partial charge in [-0.3, -0.25) is 9.69 Å². The van der Waals surface area contributed by atoms with Crippen LogP contribution in [0, 0.1) is 5.92 Å². The first-order chi connectivity index (χ1) is 19.5. The Morgan fingerprint density at radius 3 is 2.35 bits per heavy atom. The molecule has 0 spiro atoms. The molecule has 0 saturated carbocycles. The van der Waals surface area contributed by atoms with E-state index in [9.17, 15) is 9.59 Å². The Hall–Kier alpha value is -3.80. The molecule has 212 valence electrons. The van der Waals surface area contributed by atoms with Gasteiger partial charge < -0.3 is 15.5 Å². The average molecular weight is 541 g/mol. The minimum Gasteiger partial charge on any atom is -0.355 e. The number of likely N-dealkylation sites (tertiary alicyclic amines) is 1. The molecule has 40 heavy (non-hydrogen) atoms. The molecule has 3 amide bonds. The van der Waals surface area contributed by atoms with Gasteiger partial charge in [-0.25, -0.2) is 4.79 Å². The van der Waals surface area contributed by atoms with Crippen molar-refractivity contribution in [3.8, 4) is 11.1 Å². The Labute approximate surface area is 239 Å². The number of hydrogen-bond acceptors (Lipinski definition) is 3. The van der Waals surface area contributed by atoms with Gasteiger partial charge in [0.2, 0.25) is 0 Å². The van der Waals surface area contributed by atoms with Crippen LogP contribution in [0.5, 0.6) is 0 Å². The number of anilines is 3. The summed E-state index contributed by atoms with van der Waals surface area (Å²) in [5.74, 6) is 0.771. The van der Waals surface area contributed by atoms with Gasteiger partial charge in [0.1, 0.15) is 0 Å². The number of rotatable bonds is 11. The smallest absolute Gasteiger partial charge is 0.321 e. The lowest BCUT2D eigenvalue weighted by atomic mass is 9.98. The molecular formula is C34H44N4O2. The lowest BCUT2D eigenvalue weighted by Crippen LogP contribution is -2.38. The van der Waals surface area contributed by atoms with Gasteiger partial charge in [0.25, 0.3) is 5.91 Å². The van der Waals surface area contributed by atoms with Crippen molar-refractivity contribution in [3.05, 3.63) is 78.4 Å². The van der Waals surface area contributed by atoms with Gasteiger partial charge in [0.05, 0.1) is 11.3 Å². The zero-order chi connectivity index (χ0) is 28.3. The predicted octanol–water partition coefficient (Wildman–Crippen LogP) is 8.09. The summed E-state index contributed by atoms with van der Waals surface area (Å²) in [4.78, 5) is 29.6. The quantitative estimate of drug-likeness (QED) is 0.242. The van der Waals surface area contributed by atoms with Crippen LogP contribution in [-0.4, -0.2) is 43.5 Å². The highest BCUT2D eigenvalue weighted by molar-refractivity contribution is 6.00. The third-order valence-corrected chi connectivity index (χ3v) is 7.82. The van der Waals surface area contributed by atoms with E-state index in [0.29, 0.717) is 18.0 Å². The molecule has 6 nitrogen and oxygen atoms in total. The van der Waals surface area contributed by atoms with Gasteiger partial charge in [-0.05, 0) is 72.7 Å². The van der Waals surface area contributed by atoms with Crippen LogP contribution < -0.4 is 15.5 Å². The molecular weight excluding hydrogens is 496 g/mol. The SMILES string of the molecule is CCCCCCCNC(=O)N(C)c1cccc(-c2ccc(Nc3ccccc3C(=O)N3CCC(C)CC3)cc2)c1. The normalized spacial score (nSPS) is 13.6. The van der Waals surface area contributed by atoms with Crippen molar-refractivity contribution in [2.75, 3.05) is 36.9 Å². The van der Waals surface area contributed by atoms with Crippen molar-refractivity contribution in [2.45, 2.75) is 58.8 Å². The molecule has 4 rings (SSSR count). The number of para-hydroxylation sites is 1. The number of nitrogens with one attached hydrogen (secondary N) is 2. The minimum atomic E-state index is -0.0838. The highest BCUT2D eigenvalue weighted by Gasteiger charge is 2.23. The molecule has 0 unspecified atom stereocenters. The minimum absolute atomic E-state index is 0.0838. The summed E-state index contributed by atoms with van der Waals surface area (Å²) in [7, 11) is 1.81. The van der Waals surface area contributed by atoms with E-state index in [4.69, 9.17) is 0 Å². The summed E-state index contributed by atoms with van der Waals surface area (Å²) >= 11 is 0. The Balaban J connectivity index is 1.38. The summed E-state index contributed by atoms with van der Waals surface area (Å²) in [5.41, 5.74) is 5.39. The van der Waals surface area contributed by atoms with Crippen molar-refractivity contribution in [1.82, 2.24) is 10.2 Å². The monoisotopic (exact) mass is 540 g/mol. The van der Waals surface area contributed by atoms with Crippen LogP contribution in [0.4, 0.5) is 21.9 Å². The summed E-state index contributed by atoms with van der Waals surface area (Å²) in [5, 5.41) is 6.49. The Bertz CT molecular complexity index is 1250. The molecule has 0 bridgehead atoms. The molecule has 6 heteroatoms. The molecule has 3 aromatic rings. The van der Waals surface area contributed by atoms with Crippen LogP contribution in [0.2, 0.25) is 0 Å². The van der Waals surface area contributed by atoms with E-state index in [1.807, 2.05) is 66.5 Å². The second-order valence-corrected chi connectivity index (χ2v) is 11.0. The molecule has 0 aliphatic carbocycles.